The molecule has 1 aromatic carbocycles. The Bertz CT molecular complexity index is 581. The van der Waals surface area contributed by atoms with Gasteiger partial charge in [-0.2, -0.15) is 4.72 Å². The molecule has 0 atom stereocenters. The van der Waals surface area contributed by atoms with Crippen molar-refractivity contribution >= 4 is 15.7 Å². The monoisotopic (exact) mass is 252 g/mol. The first-order valence-corrected chi connectivity index (χ1v) is 6.63. The Kier molecular flexibility index (Phi) is 4.16. The number of nitrogen functional groups attached to an aromatic ring is 1. The number of nitrogens with two attached hydrogens (primary N) is 1. The molecule has 0 aliphatic carbocycles. The Labute approximate surface area is 102 Å². The minimum atomic E-state index is -3.55. The second-order valence-corrected chi connectivity index (χ2v) is 5.38. The summed E-state index contributed by atoms with van der Waals surface area (Å²) in [6.07, 6.45) is 0. The Hall–Kier alpha value is -1.51. The lowest BCUT2D eigenvalue weighted by Gasteiger charge is -2.12. The van der Waals surface area contributed by atoms with E-state index in [0.717, 1.165) is 0 Å². The summed E-state index contributed by atoms with van der Waals surface area (Å²) in [6.45, 7) is 5.20. The van der Waals surface area contributed by atoms with Crippen LogP contribution in [0.15, 0.2) is 17.0 Å². The van der Waals surface area contributed by atoms with E-state index in [9.17, 15) is 8.42 Å². The third kappa shape index (κ3) is 2.99. The van der Waals surface area contributed by atoms with Crippen molar-refractivity contribution < 1.29 is 8.42 Å². The van der Waals surface area contributed by atoms with Gasteiger partial charge in [0.15, 0.2) is 0 Å². The van der Waals surface area contributed by atoms with Gasteiger partial charge in [-0.1, -0.05) is 12.0 Å². The molecule has 0 radical (unpaired) electrons. The lowest BCUT2D eigenvalue weighted by molar-refractivity contribution is 0.585. The van der Waals surface area contributed by atoms with Crippen molar-refractivity contribution in [3.63, 3.8) is 0 Å². The van der Waals surface area contributed by atoms with Crippen molar-refractivity contribution in [2.75, 3.05) is 12.3 Å². The maximum Gasteiger partial charge on any atom is 0.242 e. The predicted octanol–water partition coefficient (Wildman–Crippen LogP) is 1.19. The average Bonchev–Trinajstić information content (AvgIpc) is 2.24. The van der Waals surface area contributed by atoms with E-state index in [1.165, 1.54) is 0 Å². The fraction of sp³-hybridized carbons (Fsp3) is 0.333. The third-order valence-corrected chi connectivity index (χ3v) is 4.13. The highest BCUT2D eigenvalue weighted by atomic mass is 32.2. The van der Waals surface area contributed by atoms with Crippen molar-refractivity contribution in [2.24, 2.45) is 0 Å². The Morgan fingerprint density at radius 1 is 1.35 bits per heavy atom. The summed E-state index contributed by atoms with van der Waals surface area (Å²) in [5.41, 5.74) is 7.44. The lowest BCUT2D eigenvalue weighted by Crippen LogP contribution is -2.25. The summed E-state index contributed by atoms with van der Waals surface area (Å²) < 4.78 is 26.6. The van der Waals surface area contributed by atoms with Crippen LogP contribution in [0, 0.1) is 25.7 Å². The molecule has 1 rings (SSSR count). The van der Waals surface area contributed by atoms with Gasteiger partial charge >= 0.3 is 0 Å². The zero-order valence-electron chi connectivity index (χ0n) is 10.2. The van der Waals surface area contributed by atoms with Gasteiger partial charge in [-0.3, -0.25) is 0 Å². The molecule has 0 aliphatic rings. The topological polar surface area (TPSA) is 72.2 Å². The van der Waals surface area contributed by atoms with Crippen LogP contribution in [0.5, 0.6) is 0 Å². The number of hydrogen-bond acceptors (Lipinski definition) is 3. The van der Waals surface area contributed by atoms with Gasteiger partial charge in [0.2, 0.25) is 10.0 Å². The number of rotatable bonds is 3. The molecular formula is C12H16N2O2S. The van der Waals surface area contributed by atoms with Gasteiger partial charge in [0.25, 0.3) is 0 Å². The highest BCUT2D eigenvalue weighted by Gasteiger charge is 2.19. The van der Waals surface area contributed by atoms with Gasteiger partial charge in [-0.25, -0.2) is 8.42 Å². The van der Waals surface area contributed by atoms with Crippen molar-refractivity contribution in [1.29, 1.82) is 0 Å². The van der Waals surface area contributed by atoms with Gasteiger partial charge in [0.1, 0.15) is 0 Å². The molecule has 4 nitrogen and oxygen atoms in total. The standard InChI is InChI=1S/C12H16N2O2S/c1-4-5-8-14-17(15,16)12-9(2)6-7-11(13)10(12)3/h6-7,14H,8,13H2,1-3H3. The number of anilines is 1. The van der Waals surface area contributed by atoms with Crippen LogP contribution in [0.4, 0.5) is 5.69 Å². The molecule has 0 saturated heterocycles. The molecule has 0 aliphatic heterocycles. The van der Waals surface area contributed by atoms with Crippen LogP contribution in [0.1, 0.15) is 18.1 Å². The number of benzene rings is 1. The first-order chi connectivity index (χ1) is 7.90. The fourth-order valence-corrected chi connectivity index (χ4v) is 2.97. The van der Waals surface area contributed by atoms with E-state index in [0.29, 0.717) is 16.8 Å². The normalized spacial score (nSPS) is 10.8. The van der Waals surface area contributed by atoms with Crippen LogP contribution in [-0.4, -0.2) is 15.0 Å². The molecular weight excluding hydrogens is 236 g/mol. The number of sulfonamides is 1. The van der Waals surface area contributed by atoms with Gasteiger partial charge in [0.05, 0.1) is 11.4 Å². The molecule has 0 heterocycles. The molecule has 0 spiro atoms. The van der Waals surface area contributed by atoms with Crippen LogP contribution in [0.3, 0.4) is 0 Å². The fourth-order valence-electron chi connectivity index (χ4n) is 1.55. The molecule has 92 valence electrons. The highest BCUT2D eigenvalue weighted by Crippen LogP contribution is 2.24. The second-order valence-electron chi connectivity index (χ2n) is 3.68. The van der Waals surface area contributed by atoms with Crippen molar-refractivity contribution in [3.05, 3.63) is 23.3 Å². The number of hydrogen-bond donors (Lipinski definition) is 2. The van der Waals surface area contributed by atoms with Gasteiger partial charge in [-0.15, -0.1) is 5.92 Å². The van der Waals surface area contributed by atoms with E-state index in [2.05, 4.69) is 16.6 Å². The van der Waals surface area contributed by atoms with Crippen LogP contribution in [0.25, 0.3) is 0 Å². The highest BCUT2D eigenvalue weighted by molar-refractivity contribution is 7.89. The zero-order valence-corrected chi connectivity index (χ0v) is 11.0. The Morgan fingerprint density at radius 2 is 2.00 bits per heavy atom. The molecule has 5 heteroatoms. The smallest absolute Gasteiger partial charge is 0.242 e. The van der Waals surface area contributed by atoms with Gasteiger partial charge in [0, 0.05) is 5.69 Å². The Balaban J connectivity index is 3.22. The predicted molar refractivity (Wildman–Crippen MR) is 69.0 cm³/mol. The second kappa shape index (κ2) is 5.21. The van der Waals surface area contributed by atoms with Gasteiger partial charge in [-0.05, 0) is 38.0 Å². The van der Waals surface area contributed by atoms with E-state index in [4.69, 9.17) is 5.73 Å². The lowest BCUT2D eigenvalue weighted by atomic mass is 10.1. The van der Waals surface area contributed by atoms with Crippen LogP contribution in [-0.2, 0) is 10.0 Å². The molecule has 0 fully saturated rings. The van der Waals surface area contributed by atoms with Crippen LogP contribution in [0.2, 0.25) is 0 Å². The molecule has 0 aromatic heterocycles. The number of nitrogens with one attached hydrogen (secondary N) is 1. The molecule has 0 saturated carbocycles. The third-order valence-electron chi connectivity index (χ3n) is 2.44. The number of aryl methyl sites for hydroxylation is 1. The first kappa shape index (κ1) is 13.6. The largest absolute Gasteiger partial charge is 0.398 e. The minimum Gasteiger partial charge on any atom is -0.398 e. The van der Waals surface area contributed by atoms with Crippen molar-refractivity contribution in [3.8, 4) is 11.8 Å². The van der Waals surface area contributed by atoms with E-state index in [1.54, 1.807) is 32.9 Å². The molecule has 0 unspecified atom stereocenters. The van der Waals surface area contributed by atoms with Gasteiger partial charge < -0.3 is 5.73 Å². The van der Waals surface area contributed by atoms with E-state index < -0.39 is 10.0 Å². The molecule has 3 N–H and O–H groups in total. The molecule has 0 amide bonds. The first-order valence-electron chi connectivity index (χ1n) is 5.15. The Morgan fingerprint density at radius 3 is 2.59 bits per heavy atom. The summed E-state index contributed by atoms with van der Waals surface area (Å²) in [7, 11) is -3.55. The van der Waals surface area contributed by atoms with E-state index in [-0.39, 0.29) is 11.4 Å². The van der Waals surface area contributed by atoms with E-state index in [1.807, 2.05) is 0 Å². The minimum absolute atomic E-state index is 0.104. The maximum absolute atomic E-state index is 12.1. The zero-order chi connectivity index (χ0) is 13.1. The van der Waals surface area contributed by atoms with Crippen LogP contribution < -0.4 is 10.5 Å². The van der Waals surface area contributed by atoms with Crippen molar-refractivity contribution in [2.45, 2.75) is 25.7 Å². The quantitative estimate of drug-likeness (QED) is 0.627. The van der Waals surface area contributed by atoms with Crippen molar-refractivity contribution in [1.82, 2.24) is 4.72 Å². The van der Waals surface area contributed by atoms with E-state index >= 15 is 0 Å². The SMILES string of the molecule is CC#CCNS(=O)(=O)c1c(C)ccc(N)c1C. The van der Waals surface area contributed by atoms with Crippen LogP contribution >= 0.6 is 0 Å². The molecule has 1 aromatic rings. The summed E-state index contributed by atoms with van der Waals surface area (Å²) in [5.74, 6) is 5.29. The molecule has 0 bridgehead atoms. The summed E-state index contributed by atoms with van der Waals surface area (Å²) in [6, 6.07) is 3.40. The summed E-state index contributed by atoms with van der Waals surface area (Å²) in [4.78, 5) is 0.246. The average molecular weight is 252 g/mol. The summed E-state index contributed by atoms with van der Waals surface area (Å²) in [5, 5.41) is 0. The summed E-state index contributed by atoms with van der Waals surface area (Å²) >= 11 is 0. The molecule has 17 heavy (non-hydrogen) atoms. The maximum atomic E-state index is 12.1.